The molecule has 1 aliphatic carbocycles. The Morgan fingerprint density at radius 3 is 1.64 bits per heavy atom. The fourth-order valence-corrected chi connectivity index (χ4v) is 2.20. The van der Waals surface area contributed by atoms with E-state index in [-0.39, 0.29) is 71.8 Å². The molecule has 0 amide bonds. The van der Waals surface area contributed by atoms with Crippen LogP contribution in [0.2, 0.25) is 6.55 Å². The van der Waals surface area contributed by atoms with Crippen LogP contribution in [0.4, 0.5) is 0 Å². The summed E-state index contributed by atoms with van der Waals surface area (Å²) in [6.07, 6.45) is 7.28. The molecule has 0 bridgehead atoms. The van der Waals surface area contributed by atoms with E-state index in [0.29, 0.717) is 9.52 Å². The van der Waals surface area contributed by atoms with Gasteiger partial charge in [-0.05, 0) is 6.42 Å². The minimum atomic E-state index is 0. The Kier molecular flexibility index (Phi) is 41.4. The van der Waals surface area contributed by atoms with E-state index in [9.17, 15) is 0 Å². The molecule has 3 heteroatoms. The summed E-state index contributed by atoms with van der Waals surface area (Å²) in [5.41, 5.74) is 1.28. The van der Waals surface area contributed by atoms with Gasteiger partial charge in [0.2, 0.25) is 0 Å². The first-order chi connectivity index (χ1) is 8.51. The molecule has 0 saturated heterocycles. The minimum absolute atomic E-state index is 0. The third kappa shape index (κ3) is 23.4. The Labute approximate surface area is 179 Å². The Hall–Kier alpha value is -0.569. The molecule has 0 atom stereocenters. The summed E-state index contributed by atoms with van der Waals surface area (Å²) in [7, 11) is 0.511. The first-order valence-electron chi connectivity index (χ1n) is 6.44. The van der Waals surface area contributed by atoms with Gasteiger partial charge in [-0.25, -0.2) is 0 Å². The van der Waals surface area contributed by atoms with Crippen LogP contribution in [0.1, 0.15) is 27.2 Å². The van der Waals surface area contributed by atoms with E-state index in [4.69, 9.17) is 0 Å². The average molecular weight is 396 g/mol. The monoisotopic (exact) mass is 395 g/mol. The predicted octanol–water partition coefficient (Wildman–Crippen LogP) is 6.50. The summed E-state index contributed by atoms with van der Waals surface area (Å²) in [6.45, 7) is 8.60. The molecule has 0 spiro atoms. The topological polar surface area (TPSA) is 14.1 Å². The van der Waals surface area contributed by atoms with Crippen LogP contribution < -0.4 is 5.19 Å². The van der Waals surface area contributed by atoms with Crippen molar-refractivity contribution >= 4 is 14.7 Å². The molecule has 0 unspecified atom stereocenters. The molecule has 0 N–H and O–H groups in total. The molecule has 0 saturated carbocycles. The summed E-state index contributed by atoms with van der Waals surface area (Å²) in [5.74, 6) is 0. The van der Waals surface area contributed by atoms with E-state index in [0.717, 1.165) is 6.42 Å². The van der Waals surface area contributed by atoms with Gasteiger partial charge in [-0.15, -0.1) is 5.54 Å². The van der Waals surface area contributed by atoms with Crippen LogP contribution >= 0.6 is 0 Å². The summed E-state index contributed by atoms with van der Waals surface area (Å²) in [5, 5.41) is 6.00. The summed E-state index contributed by atoms with van der Waals surface area (Å²) in [6, 6.07) is 10.6. The van der Waals surface area contributed by atoms with Crippen LogP contribution in [-0.4, -0.2) is 15.1 Å². The first-order valence-corrected chi connectivity index (χ1v) is 8.17. The maximum Gasteiger partial charge on any atom is 0.0635 e. The van der Waals surface area contributed by atoms with Gasteiger partial charge in [0, 0.05) is 21.7 Å². The third-order valence-electron chi connectivity index (χ3n) is 2.36. The molecule has 25 heavy (non-hydrogen) atoms. The number of allylic oxidation sites excluding steroid dienone is 3. The minimum Gasteiger partial charge on any atom is -0.683 e. The standard InChI is InChI=1S/C9H14N.C7H9Si.6CH3.Ti/c1-9(2,3)10-8-6-4-5-7-8;1-8-7-5-3-2-4-6-7;;;;;;;/h4-6H,7H2,1-3H3;2-6,8H,1H3;6*1H3;/q-1;;6*-1;. The van der Waals surface area contributed by atoms with E-state index in [2.05, 4.69) is 81.2 Å². The fraction of sp³-hybridized carbons (Fsp3) is 0.273. The largest absolute Gasteiger partial charge is 0.683 e. The Bertz CT molecular complexity index is 406. The van der Waals surface area contributed by atoms with Crippen LogP contribution in [0.25, 0.3) is 5.32 Å². The molecule has 2 rings (SSSR count). The van der Waals surface area contributed by atoms with Gasteiger partial charge in [0.05, 0.1) is 9.52 Å². The number of hydrogen-bond donors (Lipinski definition) is 0. The molecule has 1 radical (unpaired) electrons. The van der Waals surface area contributed by atoms with Gasteiger partial charge >= 0.3 is 0 Å². The average Bonchev–Trinajstić information content (AvgIpc) is 2.81. The number of nitrogens with zero attached hydrogens (tertiary/aromatic N) is 1. The van der Waals surface area contributed by atoms with Gasteiger partial charge in [-0.2, -0.15) is 5.70 Å². The smallest absolute Gasteiger partial charge is 0.0635 e. The van der Waals surface area contributed by atoms with Crippen LogP contribution in [0, 0.1) is 44.6 Å². The maximum absolute atomic E-state index is 4.51. The fourth-order valence-electron chi connectivity index (χ4n) is 1.60. The van der Waals surface area contributed by atoms with E-state index >= 15 is 0 Å². The van der Waals surface area contributed by atoms with Crippen molar-refractivity contribution in [2.75, 3.05) is 0 Å². The zero-order chi connectivity index (χ0) is 13.4. The molecule has 0 heterocycles. The summed E-state index contributed by atoms with van der Waals surface area (Å²) >= 11 is 0. The van der Waals surface area contributed by atoms with Crippen molar-refractivity contribution in [1.29, 1.82) is 0 Å². The number of benzene rings is 1. The second-order valence-electron chi connectivity index (χ2n) is 5.27. The predicted molar refractivity (Wildman–Crippen MR) is 123 cm³/mol. The van der Waals surface area contributed by atoms with Crippen LogP contribution in [-0.2, 0) is 21.7 Å². The van der Waals surface area contributed by atoms with Gasteiger partial charge in [0.25, 0.3) is 0 Å². The van der Waals surface area contributed by atoms with E-state index < -0.39 is 0 Å². The molecule has 1 aliphatic rings. The van der Waals surface area contributed by atoms with Crippen molar-refractivity contribution in [2.24, 2.45) is 0 Å². The van der Waals surface area contributed by atoms with Crippen LogP contribution in [0.3, 0.4) is 0 Å². The quantitative estimate of drug-likeness (QED) is 0.401. The SMILES string of the molecule is CC(C)(C)[N-]C1=CC=CC1.C[SiH]c1ccccc1.[CH3-].[CH3-].[CH3-].[CH3-].[CH3-].[CH3-].[Ti]. The molecule has 1 aromatic carbocycles. The molecule has 0 aliphatic heterocycles. The van der Waals surface area contributed by atoms with Gasteiger partial charge in [-0.1, -0.05) is 81.1 Å². The third-order valence-corrected chi connectivity index (χ3v) is 3.42. The molecular weight excluding hydrogens is 354 g/mol. The molecule has 1 nitrogen and oxygen atoms in total. The van der Waals surface area contributed by atoms with Gasteiger partial charge in [0.15, 0.2) is 0 Å². The summed E-state index contributed by atoms with van der Waals surface area (Å²) in [4.78, 5) is 0. The van der Waals surface area contributed by atoms with Crippen molar-refractivity contribution in [3.8, 4) is 0 Å². The van der Waals surface area contributed by atoms with Crippen molar-refractivity contribution in [3.63, 3.8) is 0 Å². The van der Waals surface area contributed by atoms with Crippen LogP contribution in [0.15, 0.2) is 54.3 Å². The molecule has 0 aromatic heterocycles. The Morgan fingerprint density at radius 2 is 1.36 bits per heavy atom. The number of rotatable bonds is 2. The Morgan fingerprint density at radius 1 is 0.880 bits per heavy atom. The van der Waals surface area contributed by atoms with Crippen molar-refractivity contribution < 1.29 is 21.7 Å². The molecular formula is C22H41NSiTi-7. The summed E-state index contributed by atoms with van der Waals surface area (Å²) < 4.78 is 0. The zero-order valence-electron chi connectivity index (χ0n) is 18.4. The maximum atomic E-state index is 4.51. The number of hydrogen-bond acceptors (Lipinski definition) is 0. The normalized spacial score (nSPS) is 9.84. The molecule has 1 aromatic rings. The Balaban J connectivity index is -0.0000000409. The second kappa shape index (κ2) is 23.4. The van der Waals surface area contributed by atoms with Gasteiger partial charge < -0.3 is 49.9 Å². The van der Waals surface area contributed by atoms with Crippen LogP contribution in [0.5, 0.6) is 0 Å². The second-order valence-corrected chi connectivity index (χ2v) is 6.52. The van der Waals surface area contributed by atoms with E-state index in [1.54, 1.807) is 0 Å². The van der Waals surface area contributed by atoms with Crippen molar-refractivity contribution in [2.45, 2.75) is 39.3 Å². The zero-order valence-corrected chi connectivity index (χ0v) is 21.1. The van der Waals surface area contributed by atoms with Gasteiger partial charge in [0.1, 0.15) is 0 Å². The molecule has 149 valence electrons. The van der Waals surface area contributed by atoms with Crippen molar-refractivity contribution in [3.05, 3.63) is 104 Å². The van der Waals surface area contributed by atoms with Gasteiger partial charge in [-0.3, -0.25) is 0 Å². The van der Waals surface area contributed by atoms with E-state index in [1.165, 1.54) is 10.9 Å². The molecule has 0 fully saturated rings. The first kappa shape index (κ1) is 44.1. The van der Waals surface area contributed by atoms with E-state index in [1.807, 2.05) is 0 Å². The van der Waals surface area contributed by atoms with Crippen molar-refractivity contribution in [1.82, 2.24) is 0 Å².